The van der Waals surface area contributed by atoms with Gasteiger partial charge in [0.25, 0.3) is 0 Å². The number of aliphatic hydroxyl groups excluding tert-OH is 1. The molecule has 1 N–H and O–H groups in total. The van der Waals surface area contributed by atoms with Gasteiger partial charge >= 0.3 is 0 Å². The summed E-state index contributed by atoms with van der Waals surface area (Å²) in [5.74, 6) is -0.420. The van der Waals surface area contributed by atoms with Crippen molar-refractivity contribution in [1.29, 1.82) is 5.26 Å². The Balaban J connectivity index is 2.89. The van der Waals surface area contributed by atoms with Crippen LogP contribution >= 0.6 is 11.8 Å². The summed E-state index contributed by atoms with van der Waals surface area (Å²) in [7, 11) is 0. The number of thioether (sulfide) groups is 1. The van der Waals surface area contributed by atoms with E-state index in [1.807, 2.05) is 6.26 Å². The molecule has 1 aromatic carbocycles. The summed E-state index contributed by atoms with van der Waals surface area (Å²) in [4.78, 5) is 4.31. The van der Waals surface area contributed by atoms with Crippen LogP contribution in [0, 0.1) is 24.1 Å². The van der Waals surface area contributed by atoms with Crippen LogP contribution in [0.15, 0.2) is 29.3 Å². The molecule has 1 heterocycles. The third-order valence-corrected chi connectivity index (χ3v) is 3.76. The normalized spacial score (nSPS) is 10.3. The van der Waals surface area contributed by atoms with E-state index in [4.69, 9.17) is 0 Å². The van der Waals surface area contributed by atoms with Crippen molar-refractivity contribution in [1.82, 2.24) is 4.98 Å². The van der Waals surface area contributed by atoms with Crippen molar-refractivity contribution < 1.29 is 9.50 Å². The van der Waals surface area contributed by atoms with E-state index in [0.717, 1.165) is 0 Å². The Hall–Kier alpha value is -1.90. The molecule has 0 bridgehead atoms. The highest BCUT2D eigenvalue weighted by molar-refractivity contribution is 7.98. The number of halogens is 1. The van der Waals surface area contributed by atoms with Crippen LogP contribution in [0.2, 0.25) is 0 Å². The Bertz CT molecular complexity index is 695. The first-order chi connectivity index (χ1) is 9.63. The molecule has 0 radical (unpaired) electrons. The molecular formula is C15H13FN2OS. The highest BCUT2D eigenvalue weighted by Crippen LogP contribution is 2.35. The second-order valence-corrected chi connectivity index (χ2v) is 4.98. The van der Waals surface area contributed by atoms with Gasteiger partial charge in [-0.3, -0.25) is 0 Å². The van der Waals surface area contributed by atoms with Gasteiger partial charge in [-0.05, 0) is 19.2 Å². The van der Waals surface area contributed by atoms with Gasteiger partial charge in [-0.2, -0.15) is 5.26 Å². The number of aromatic nitrogens is 1. The van der Waals surface area contributed by atoms with Crippen LogP contribution < -0.4 is 0 Å². The summed E-state index contributed by atoms with van der Waals surface area (Å²) >= 11 is 1.33. The fourth-order valence-electron chi connectivity index (χ4n) is 2.12. The molecule has 0 atom stereocenters. The second-order valence-electron chi connectivity index (χ2n) is 4.18. The molecule has 102 valence electrons. The van der Waals surface area contributed by atoms with Gasteiger partial charge in [0.05, 0.1) is 12.2 Å². The van der Waals surface area contributed by atoms with Crippen LogP contribution in [-0.2, 0) is 6.61 Å². The molecule has 0 amide bonds. The zero-order chi connectivity index (χ0) is 14.7. The van der Waals surface area contributed by atoms with E-state index in [1.54, 1.807) is 25.1 Å². The summed E-state index contributed by atoms with van der Waals surface area (Å²) in [6.45, 7) is 1.46. The number of pyridine rings is 1. The Morgan fingerprint density at radius 2 is 2.10 bits per heavy atom. The molecule has 0 aliphatic heterocycles. The van der Waals surface area contributed by atoms with Crippen LogP contribution in [0.3, 0.4) is 0 Å². The first kappa shape index (κ1) is 14.5. The summed E-state index contributed by atoms with van der Waals surface area (Å²) in [6.07, 6.45) is 1.81. The average molecular weight is 288 g/mol. The fraction of sp³-hybridized carbons (Fsp3) is 0.200. The van der Waals surface area contributed by atoms with E-state index < -0.39 is 5.82 Å². The number of hydrogen-bond donors (Lipinski definition) is 1. The van der Waals surface area contributed by atoms with Gasteiger partial charge in [0.15, 0.2) is 0 Å². The molecule has 0 saturated carbocycles. The number of hydrogen-bond acceptors (Lipinski definition) is 4. The molecule has 0 unspecified atom stereocenters. The monoisotopic (exact) mass is 288 g/mol. The van der Waals surface area contributed by atoms with E-state index in [-0.39, 0.29) is 6.61 Å². The average Bonchev–Trinajstić information content (AvgIpc) is 2.46. The van der Waals surface area contributed by atoms with E-state index >= 15 is 0 Å². The lowest BCUT2D eigenvalue weighted by Crippen LogP contribution is -2.03. The molecule has 0 aliphatic rings. The minimum Gasteiger partial charge on any atom is -0.392 e. The van der Waals surface area contributed by atoms with Gasteiger partial charge in [0.2, 0.25) is 0 Å². The molecular weight excluding hydrogens is 275 g/mol. The van der Waals surface area contributed by atoms with Crippen molar-refractivity contribution in [3.05, 3.63) is 46.9 Å². The predicted molar refractivity (Wildman–Crippen MR) is 76.8 cm³/mol. The standard InChI is InChI=1S/C15H13FN2OS/c1-9-12(8-19)14(10-5-3-4-6-13(10)16)11(7-17)15(18-9)20-2/h3-6,19H,8H2,1-2H3. The second kappa shape index (κ2) is 6.04. The highest BCUT2D eigenvalue weighted by Gasteiger charge is 2.20. The SMILES string of the molecule is CSc1nc(C)c(CO)c(-c2ccccc2F)c1C#N. The molecule has 2 aromatic rings. The van der Waals surface area contributed by atoms with Crippen LogP contribution in [0.1, 0.15) is 16.8 Å². The van der Waals surface area contributed by atoms with Crippen LogP contribution in [0.5, 0.6) is 0 Å². The van der Waals surface area contributed by atoms with E-state index in [1.165, 1.54) is 17.8 Å². The number of rotatable bonds is 3. The predicted octanol–water partition coefficient (Wildman–Crippen LogP) is 3.28. The lowest BCUT2D eigenvalue weighted by Gasteiger charge is -2.15. The van der Waals surface area contributed by atoms with Gasteiger partial charge < -0.3 is 5.11 Å². The minimum atomic E-state index is -0.420. The van der Waals surface area contributed by atoms with Gasteiger partial charge in [-0.15, -0.1) is 11.8 Å². The topological polar surface area (TPSA) is 56.9 Å². The van der Waals surface area contributed by atoms with Gasteiger partial charge in [0.1, 0.15) is 16.9 Å². The molecule has 1 aromatic heterocycles. The van der Waals surface area contributed by atoms with Crippen LogP contribution in [0.25, 0.3) is 11.1 Å². The Morgan fingerprint density at radius 1 is 1.40 bits per heavy atom. The summed E-state index contributed by atoms with van der Waals surface area (Å²) < 4.78 is 14.1. The number of aryl methyl sites for hydroxylation is 1. The quantitative estimate of drug-likeness (QED) is 0.881. The van der Waals surface area contributed by atoms with Crippen molar-refractivity contribution in [2.24, 2.45) is 0 Å². The van der Waals surface area contributed by atoms with Crippen molar-refractivity contribution >= 4 is 11.8 Å². The number of benzene rings is 1. The third kappa shape index (κ3) is 2.40. The fourth-order valence-corrected chi connectivity index (χ4v) is 2.70. The highest BCUT2D eigenvalue weighted by atomic mass is 32.2. The van der Waals surface area contributed by atoms with Crippen molar-refractivity contribution in [3.8, 4) is 17.2 Å². The van der Waals surface area contributed by atoms with Gasteiger partial charge in [-0.1, -0.05) is 18.2 Å². The lowest BCUT2D eigenvalue weighted by molar-refractivity contribution is 0.281. The largest absolute Gasteiger partial charge is 0.392 e. The third-order valence-electron chi connectivity index (χ3n) is 3.08. The molecule has 0 aliphatic carbocycles. The van der Waals surface area contributed by atoms with E-state index in [0.29, 0.717) is 33.0 Å². The molecule has 2 rings (SSSR count). The maximum Gasteiger partial charge on any atom is 0.131 e. The minimum absolute atomic E-state index is 0.286. The number of nitriles is 1. The zero-order valence-electron chi connectivity index (χ0n) is 11.1. The number of nitrogens with zero attached hydrogens (tertiary/aromatic N) is 2. The van der Waals surface area contributed by atoms with E-state index in [2.05, 4.69) is 11.1 Å². The molecule has 3 nitrogen and oxygen atoms in total. The number of aliphatic hydroxyl groups is 1. The van der Waals surface area contributed by atoms with Crippen molar-refractivity contribution in [2.45, 2.75) is 18.6 Å². The molecule has 0 saturated heterocycles. The lowest BCUT2D eigenvalue weighted by atomic mass is 9.95. The summed E-state index contributed by atoms with van der Waals surface area (Å²) in [5.41, 5.74) is 2.15. The molecule has 5 heteroatoms. The van der Waals surface area contributed by atoms with Crippen molar-refractivity contribution in [3.63, 3.8) is 0 Å². The Kier molecular flexibility index (Phi) is 4.38. The summed E-state index contributed by atoms with van der Waals surface area (Å²) in [6, 6.07) is 8.32. The first-order valence-electron chi connectivity index (χ1n) is 5.97. The maximum atomic E-state index is 14.1. The van der Waals surface area contributed by atoms with Crippen LogP contribution in [0.4, 0.5) is 4.39 Å². The molecule has 0 spiro atoms. The smallest absolute Gasteiger partial charge is 0.131 e. The van der Waals surface area contributed by atoms with E-state index in [9.17, 15) is 14.8 Å². The van der Waals surface area contributed by atoms with Crippen LogP contribution in [-0.4, -0.2) is 16.3 Å². The zero-order valence-corrected chi connectivity index (χ0v) is 12.0. The summed E-state index contributed by atoms with van der Waals surface area (Å²) in [5, 5.41) is 19.5. The molecule has 0 fully saturated rings. The molecule has 20 heavy (non-hydrogen) atoms. The Morgan fingerprint density at radius 3 is 2.65 bits per heavy atom. The van der Waals surface area contributed by atoms with Gasteiger partial charge in [0, 0.05) is 22.4 Å². The van der Waals surface area contributed by atoms with Gasteiger partial charge in [-0.25, -0.2) is 9.37 Å². The first-order valence-corrected chi connectivity index (χ1v) is 7.19. The van der Waals surface area contributed by atoms with Crippen molar-refractivity contribution in [2.75, 3.05) is 6.26 Å². The Labute approximate surface area is 121 Å². The maximum absolute atomic E-state index is 14.1.